The Morgan fingerprint density at radius 1 is 0.708 bits per heavy atom. The fourth-order valence-electron chi connectivity index (χ4n) is 2.10. The molecule has 1 unspecified atom stereocenters. The Morgan fingerprint density at radius 3 is 1.58 bits per heavy atom. The van der Waals surface area contributed by atoms with Crippen LogP contribution in [-0.4, -0.2) is 90.3 Å². The highest BCUT2D eigenvalue weighted by molar-refractivity contribution is 5.86. The number of rotatable bonds is 16. The van der Waals surface area contributed by atoms with Gasteiger partial charge in [-0.15, -0.1) is 0 Å². The summed E-state index contributed by atoms with van der Waals surface area (Å²) in [5, 5.41) is 25.0. The predicted octanol–water partition coefficient (Wildman–Crippen LogP) is 4.32. The van der Waals surface area contributed by atoms with E-state index in [0.717, 1.165) is 18.4 Å². The van der Waals surface area contributed by atoms with Crippen molar-refractivity contribution < 1.29 is 67.8 Å². The maximum absolute atomic E-state index is 10.9. The summed E-state index contributed by atoms with van der Waals surface area (Å²) in [7, 11) is 0. The number of hydrogen-bond donors (Lipinski definition) is 3. The third-order valence-corrected chi connectivity index (χ3v) is 4.76. The number of carbonyl (C=O) groups is 6. The number of benzene rings is 1. The molecule has 276 valence electrons. The minimum atomic E-state index is -0.996. The maximum Gasteiger partial charge on any atom is 0.333 e. The van der Waals surface area contributed by atoms with Crippen molar-refractivity contribution in [1.29, 1.82) is 0 Å². The molecule has 0 spiro atoms. The van der Waals surface area contributed by atoms with E-state index in [1.807, 2.05) is 30.3 Å². The van der Waals surface area contributed by atoms with Crippen LogP contribution in [0.25, 0.3) is 0 Å². The Kier molecular flexibility index (Phi) is 39.1. The van der Waals surface area contributed by atoms with Gasteiger partial charge >= 0.3 is 35.8 Å². The Hall–Kier alpha value is -4.30. The van der Waals surface area contributed by atoms with Gasteiger partial charge in [0.2, 0.25) is 0 Å². The van der Waals surface area contributed by atoms with E-state index < -0.39 is 24.0 Å². The van der Waals surface area contributed by atoms with E-state index in [9.17, 15) is 33.9 Å². The van der Waals surface area contributed by atoms with Crippen LogP contribution >= 0.6 is 0 Å². The molecule has 0 bridgehead atoms. The van der Waals surface area contributed by atoms with Crippen molar-refractivity contribution >= 4 is 35.8 Å². The van der Waals surface area contributed by atoms with E-state index in [1.165, 1.54) is 13.8 Å². The highest BCUT2D eigenvalue weighted by Gasteiger charge is 2.11. The van der Waals surface area contributed by atoms with Crippen molar-refractivity contribution in [2.45, 2.75) is 99.7 Å². The van der Waals surface area contributed by atoms with Crippen LogP contribution in [0, 0.1) is 0 Å². The Labute approximate surface area is 284 Å². The number of unbranched alkanes of at least 4 members (excludes halogenated alkanes) is 1. The van der Waals surface area contributed by atoms with E-state index in [0.29, 0.717) is 26.1 Å². The van der Waals surface area contributed by atoms with Crippen LogP contribution in [0.5, 0.6) is 0 Å². The molecule has 0 amide bonds. The number of hydrogen-bond acceptors (Lipinski definition) is 13. The van der Waals surface area contributed by atoms with Crippen molar-refractivity contribution in [3.05, 3.63) is 48.0 Å². The van der Waals surface area contributed by atoms with Gasteiger partial charge in [-0.05, 0) is 18.9 Å². The molecule has 14 heteroatoms. The first-order chi connectivity index (χ1) is 22.6. The smallest absolute Gasteiger partial charge is 0.333 e. The van der Waals surface area contributed by atoms with Crippen LogP contribution in [0.1, 0.15) is 92.6 Å². The molecule has 1 atom stereocenters. The largest absolute Gasteiger partial charge is 0.481 e. The minimum absolute atomic E-state index is 0.0940. The zero-order valence-electron chi connectivity index (χ0n) is 29.5. The maximum atomic E-state index is 10.9. The lowest BCUT2D eigenvalue weighted by Gasteiger charge is -2.11. The molecule has 14 nitrogen and oxygen atoms in total. The van der Waals surface area contributed by atoms with Gasteiger partial charge in [0.05, 0.1) is 13.2 Å². The summed E-state index contributed by atoms with van der Waals surface area (Å²) < 4.78 is 23.3. The van der Waals surface area contributed by atoms with Gasteiger partial charge in [-0.1, -0.05) is 78.0 Å². The fourth-order valence-corrected chi connectivity index (χ4v) is 2.10. The molecular formula is C34H56O14. The number of aliphatic carboxylic acids is 1. The topological polar surface area (TPSA) is 209 Å². The lowest BCUT2D eigenvalue weighted by Crippen LogP contribution is -2.25. The summed E-state index contributed by atoms with van der Waals surface area (Å²) in [4.78, 5) is 62.1. The number of carboxylic acid groups (broad SMARTS) is 1. The summed E-state index contributed by atoms with van der Waals surface area (Å²) in [6.45, 7) is 15.7. The molecule has 0 radical (unpaired) electrons. The summed E-state index contributed by atoms with van der Waals surface area (Å²) in [6, 6.07) is 9.65. The van der Waals surface area contributed by atoms with Crippen LogP contribution < -0.4 is 0 Å². The lowest BCUT2D eigenvalue weighted by atomic mass is 10.2. The third-order valence-electron chi connectivity index (χ3n) is 4.76. The summed E-state index contributed by atoms with van der Waals surface area (Å²) in [6.07, 6.45) is 2.46. The SMILES string of the molecule is C=C(C)C(=O)OCC(O)COC(=O)CC.CC(=O)OCCO.CCC(=O)O.CCC(=O)OCc1ccccc1.CCCCOC(=O)CC. The van der Waals surface area contributed by atoms with Gasteiger partial charge in [0.15, 0.2) is 0 Å². The Balaban J connectivity index is -0.000000264. The molecule has 1 aromatic rings. The van der Waals surface area contributed by atoms with Gasteiger partial charge in [-0.25, -0.2) is 4.79 Å². The van der Waals surface area contributed by atoms with Crippen LogP contribution in [0.15, 0.2) is 42.5 Å². The number of esters is 5. The normalized spacial score (nSPS) is 9.69. The van der Waals surface area contributed by atoms with Crippen molar-refractivity contribution in [2.24, 2.45) is 0 Å². The fraction of sp³-hybridized carbons (Fsp3) is 0.588. The first kappa shape index (κ1) is 50.6. The molecule has 0 aromatic heterocycles. The molecule has 0 aliphatic rings. The second-order valence-electron chi connectivity index (χ2n) is 9.31. The van der Waals surface area contributed by atoms with Crippen molar-refractivity contribution in [3.63, 3.8) is 0 Å². The summed E-state index contributed by atoms with van der Waals surface area (Å²) >= 11 is 0. The third kappa shape index (κ3) is 43.8. The molecule has 1 aromatic carbocycles. The molecule has 48 heavy (non-hydrogen) atoms. The summed E-state index contributed by atoms with van der Waals surface area (Å²) in [5.74, 6) is -2.32. The quantitative estimate of drug-likeness (QED) is 0.0956. The number of aliphatic hydroxyl groups is 2. The molecule has 0 saturated carbocycles. The van der Waals surface area contributed by atoms with Crippen LogP contribution in [0.2, 0.25) is 0 Å². The number of aliphatic hydroxyl groups excluding tert-OH is 2. The average molecular weight is 689 g/mol. The second kappa shape index (κ2) is 37.2. The van der Waals surface area contributed by atoms with Gasteiger partial charge in [0, 0.05) is 38.2 Å². The van der Waals surface area contributed by atoms with Gasteiger partial charge in [-0.2, -0.15) is 0 Å². The monoisotopic (exact) mass is 688 g/mol. The molecule has 1 rings (SSSR count). The highest BCUT2D eigenvalue weighted by atomic mass is 16.6. The van der Waals surface area contributed by atoms with Gasteiger partial charge in [0.25, 0.3) is 0 Å². The molecule has 0 heterocycles. The molecule has 3 N–H and O–H groups in total. The van der Waals surface area contributed by atoms with Gasteiger partial charge < -0.3 is 39.0 Å². The van der Waals surface area contributed by atoms with Crippen LogP contribution in [-0.2, 0) is 59.1 Å². The van der Waals surface area contributed by atoms with E-state index in [2.05, 4.69) is 27.7 Å². The van der Waals surface area contributed by atoms with Crippen molar-refractivity contribution in [3.8, 4) is 0 Å². The molecule has 0 aliphatic carbocycles. The van der Waals surface area contributed by atoms with Gasteiger partial charge in [0.1, 0.15) is 32.5 Å². The minimum Gasteiger partial charge on any atom is -0.481 e. The van der Waals surface area contributed by atoms with Crippen molar-refractivity contribution in [2.75, 3.05) is 33.0 Å². The predicted molar refractivity (Wildman–Crippen MR) is 177 cm³/mol. The molecule has 0 aliphatic heterocycles. The van der Waals surface area contributed by atoms with Crippen LogP contribution in [0.4, 0.5) is 0 Å². The second-order valence-corrected chi connectivity index (χ2v) is 9.31. The zero-order chi connectivity index (χ0) is 37.8. The number of carbonyl (C=O) groups excluding carboxylic acids is 5. The van der Waals surface area contributed by atoms with Crippen LogP contribution in [0.3, 0.4) is 0 Å². The molecule has 0 saturated heterocycles. The highest BCUT2D eigenvalue weighted by Crippen LogP contribution is 2.01. The first-order valence-corrected chi connectivity index (χ1v) is 15.6. The lowest BCUT2D eigenvalue weighted by molar-refractivity contribution is -0.150. The average Bonchev–Trinajstić information content (AvgIpc) is 3.08. The van der Waals surface area contributed by atoms with E-state index in [4.69, 9.17) is 19.7 Å². The van der Waals surface area contributed by atoms with E-state index in [1.54, 1.807) is 27.7 Å². The Morgan fingerprint density at radius 2 is 1.19 bits per heavy atom. The number of carboxylic acids is 1. The molecular weight excluding hydrogens is 632 g/mol. The summed E-state index contributed by atoms with van der Waals surface area (Å²) in [5.41, 5.74) is 1.28. The Bertz CT molecular complexity index is 1010. The standard InChI is InChI=1S/C10H16O5.C10H12O2.C7H14O2.C4H8O3.C3H6O2/c1-4-9(12)14-5-8(11)6-15-10(13)7(2)3;1-2-10(11)12-8-9-6-4-3-5-7-9;1-3-5-6-9-7(8)4-2;1-4(6)7-3-2-5;1-2-3(4)5/h8,11H,2,4-6H2,1,3H3;3-7H,2,8H2,1H3;3-6H2,1-2H3;5H,2-3H2,1H3;2H2,1H3,(H,4,5). The van der Waals surface area contributed by atoms with Gasteiger partial charge in [-0.3, -0.25) is 24.0 Å². The van der Waals surface area contributed by atoms with E-state index in [-0.39, 0.29) is 62.8 Å². The van der Waals surface area contributed by atoms with Crippen molar-refractivity contribution in [1.82, 2.24) is 0 Å². The van der Waals surface area contributed by atoms with E-state index >= 15 is 0 Å². The molecule has 0 fully saturated rings. The zero-order valence-corrected chi connectivity index (χ0v) is 29.5. The number of ether oxygens (including phenoxy) is 5. The first-order valence-electron chi connectivity index (χ1n) is 15.6.